The number of carbonyl (C=O) groups is 1. The van der Waals surface area contributed by atoms with E-state index in [0.717, 1.165) is 0 Å². The van der Waals surface area contributed by atoms with Crippen molar-refractivity contribution >= 4 is 5.91 Å². The molecule has 1 amide bonds. The molecule has 1 unspecified atom stereocenters. The lowest BCUT2D eigenvalue weighted by Gasteiger charge is -2.16. The molecule has 1 heterocycles. The summed E-state index contributed by atoms with van der Waals surface area (Å²) in [7, 11) is 0. The van der Waals surface area contributed by atoms with Crippen LogP contribution in [0, 0.1) is 0 Å². The van der Waals surface area contributed by atoms with Gasteiger partial charge in [-0.25, -0.2) is 0 Å². The Bertz CT molecular complexity index is 172. The Hall–Kier alpha value is -0.650. The van der Waals surface area contributed by atoms with Crippen LogP contribution in [-0.2, 0) is 4.79 Å². The molecule has 70 valence electrons. The van der Waals surface area contributed by atoms with E-state index < -0.39 is 24.2 Å². The predicted molar refractivity (Wildman–Crippen MR) is 40.3 cm³/mol. The molecule has 0 radical (unpaired) electrons. The summed E-state index contributed by atoms with van der Waals surface area (Å²) in [6.07, 6.45) is -2.83. The fraction of sp³-hybridized carbons (Fsp3) is 0.857. The Morgan fingerprint density at radius 1 is 1.42 bits per heavy atom. The van der Waals surface area contributed by atoms with E-state index in [4.69, 9.17) is 15.3 Å². The van der Waals surface area contributed by atoms with Gasteiger partial charge in [-0.05, 0) is 6.92 Å². The highest BCUT2D eigenvalue weighted by molar-refractivity contribution is 5.80. The number of hydrogen-bond donors (Lipinski definition) is 3. The van der Waals surface area contributed by atoms with Gasteiger partial charge in [-0.3, -0.25) is 4.79 Å². The molecular formula is C7H13NO4. The normalized spacial score (nSPS) is 32.2. The van der Waals surface area contributed by atoms with E-state index in [0.29, 0.717) is 0 Å². The summed E-state index contributed by atoms with van der Waals surface area (Å²) in [6.45, 7) is 1.56. The van der Waals surface area contributed by atoms with Gasteiger partial charge in [0, 0.05) is 13.1 Å². The number of likely N-dealkylation sites (tertiary alicyclic amines) is 1. The Morgan fingerprint density at radius 2 is 1.83 bits per heavy atom. The number of aliphatic hydroxyl groups is 3. The maximum Gasteiger partial charge on any atom is 0.251 e. The summed E-state index contributed by atoms with van der Waals surface area (Å²) in [5, 5.41) is 27.0. The van der Waals surface area contributed by atoms with Gasteiger partial charge in [0.1, 0.15) is 6.10 Å². The minimum atomic E-state index is -1.07. The monoisotopic (exact) mass is 175 g/mol. The molecule has 0 aromatic rings. The van der Waals surface area contributed by atoms with Crippen molar-refractivity contribution in [3.05, 3.63) is 0 Å². The summed E-state index contributed by atoms with van der Waals surface area (Å²) in [5.41, 5.74) is 0. The van der Waals surface area contributed by atoms with Crippen molar-refractivity contribution in [2.24, 2.45) is 0 Å². The minimum absolute atomic E-state index is 0.102. The van der Waals surface area contributed by atoms with Crippen LogP contribution in [0.2, 0.25) is 0 Å². The molecule has 5 heteroatoms. The lowest BCUT2D eigenvalue weighted by atomic mass is 10.3. The summed E-state index contributed by atoms with van der Waals surface area (Å²) >= 11 is 0. The zero-order valence-corrected chi connectivity index (χ0v) is 6.84. The van der Waals surface area contributed by atoms with Gasteiger partial charge in [-0.2, -0.15) is 0 Å². The zero-order chi connectivity index (χ0) is 9.30. The minimum Gasteiger partial charge on any atom is -0.388 e. The quantitative estimate of drug-likeness (QED) is 0.427. The van der Waals surface area contributed by atoms with Crippen molar-refractivity contribution in [1.29, 1.82) is 0 Å². The summed E-state index contributed by atoms with van der Waals surface area (Å²) < 4.78 is 0. The molecule has 0 spiro atoms. The fourth-order valence-electron chi connectivity index (χ4n) is 1.21. The third-order valence-corrected chi connectivity index (χ3v) is 1.93. The van der Waals surface area contributed by atoms with Crippen LogP contribution in [0.4, 0.5) is 0 Å². The van der Waals surface area contributed by atoms with Crippen molar-refractivity contribution in [3.63, 3.8) is 0 Å². The first-order valence-electron chi connectivity index (χ1n) is 3.85. The first kappa shape index (κ1) is 9.44. The van der Waals surface area contributed by atoms with Gasteiger partial charge in [-0.1, -0.05) is 0 Å². The van der Waals surface area contributed by atoms with Gasteiger partial charge in [-0.15, -0.1) is 0 Å². The van der Waals surface area contributed by atoms with E-state index in [1.54, 1.807) is 0 Å². The summed E-state index contributed by atoms with van der Waals surface area (Å²) in [4.78, 5) is 12.3. The first-order chi connectivity index (χ1) is 5.52. The molecule has 0 aromatic heterocycles. The number of amides is 1. The van der Waals surface area contributed by atoms with Crippen LogP contribution in [-0.4, -0.2) is 57.5 Å². The van der Waals surface area contributed by atoms with E-state index in [2.05, 4.69) is 0 Å². The molecule has 12 heavy (non-hydrogen) atoms. The number of β-amino-alcohol motifs (C(OH)–C–C–N with tert-alkyl or cyclic N) is 2. The third kappa shape index (κ3) is 1.74. The van der Waals surface area contributed by atoms with Gasteiger partial charge in [0.05, 0.1) is 12.2 Å². The lowest BCUT2D eigenvalue weighted by Crippen LogP contribution is -2.36. The van der Waals surface area contributed by atoms with Crippen LogP contribution in [0.15, 0.2) is 0 Å². The number of carbonyl (C=O) groups excluding carboxylic acids is 1. The zero-order valence-electron chi connectivity index (χ0n) is 6.84. The standard InChI is InChI=1S/C7H13NO4/c1-4(9)7(12)8-2-5(10)6(11)3-8/h4-6,9-11H,2-3H2,1H3/t4?,5-,6+. The summed E-state index contributed by atoms with van der Waals surface area (Å²) in [6, 6.07) is 0. The van der Waals surface area contributed by atoms with Gasteiger partial charge in [0.25, 0.3) is 5.91 Å². The second-order valence-corrected chi connectivity index (χ2v) is 3.05. The maximum atomic E-state index is 11.1. The molecule has 3 N–H and O–H groups in total. The molecule has 0 aliphatic carbocycles. The maximum absolute atomic E-state index is 11.1. The lowest BCUT2D eigenvalue weighted by molar-refractivity contribution is -0.138. The third-order valence-electron chi connectivity index (χ3n) is 1.93. The van der Waals surface area contributed by atoms with Crippen LogP contribution in [0.1, 0.15) is 6.92 Å². The topological polar surface area (TPSA) is 81.0 Å². The van der Waals surface area contributed by atoms with Crippen LogP contribution >= 0.6 is 0 Å². The Balaban J connectivity index is 2.52. The Morgan fingerprint density at radius 3 is 2.17 bits per heavy atom. The second kappa shape index (κ2) is 3.38. The number of rotatable bonds is 1. The van der Waals surface area contributed by atoms with Crippen molar-refractivity contribution in [2.75, 3.05) is 13.1 Å². The Kier molecular flexibility index (Phi) is 2.66. The van der Waals surface area contributed by atoms with Gasteiger partial charge >= 0.3 is 0 Å². The van der Waals surface area contributed by atoms with Crippen molar-refractivity contribution in [3.8, 4) is 0 Å². The smallest absolute Gasteiger partial charge is 0.251 e. The number of nitrogens with zero attached hydrogens (tertiary/aromatic N) is 1. The molecule has 0 saturated carbocycles. The predicted octanol–water partition coefficient (Wildman–Crippen LogP) is -2.07. The van der Waals surface area contributed by atoms with Crippen molar-refractivity contribution < 1.29 is 20.1 Å². The Labute approximate surface area is 70.2 Å². The summed E-state index contributed by atoms with van der Waals surface area (Å²) in [5.74, 6) is -0.453. The molecule has 1 rings (SSSR count). The molecule has 1 saturated heterocycles. The van der Waals surface area contributed by atoms with Gasteiger partial charge in [0.2, 0.25) is 0 Å². The largest absolute Gasteiger partial charge is 0.388 e. The molecule has 5 nitrogen and oxygen atoms in total. The average molecular weight is 175 g/mol. The molecule has 0 aromatic carbocycles. The van der Waals surface area contributed by atoms with Crippen molar-refractivity contribution in [2.45, 2.75) is 25.2 Å². The molecular weight excluding hydrogens is 162 g/mol. The second-order valence-electron chi connectivity index (χ2n) is 3.05. The number of hydrogen-bond acceptors (Lipinski definition) is 4. The van der Waals surface area contributed by atoms with E-state index >= 15 is 0 Å². The molecule has 1 aliphatic rings. The average Bonchev–Trinajstić information content (AvgIpc) is 2.30. The first-order valence-corrected chi connectivity index (χ1v) is 3.85. The highest BCUT2D eigenvalue weighted by Gasteiger charge is 2.33. The van der Waals surface area contributed by atoms with E-state index in [9.17, 15) is 4.79 Å². The SMILES string of the molecule is CC(O)C(=O)N1C[C@@H](O)[C@@H](O)C1. The molecule has 1 fully saturated rings. The van der Waals surface area contributed by atoms with Crippen LogP contribution in [0.25, 0.3) is 0 Å². The highest BCUT2D eigenvalue weighted by Crippen LogP contribution is 2.10. The van der Waals surface area contributed by atoms with E-state index in [-0.39, 0.29) is 13.1 Å². The fourth-order valence-corrected chi connectivity index (χ4v) is 1.21. The molecule has 1 aliphatic heterocycles. The van der Waals surface area contributed by atoms with Crippen molar-refractivity contribution in [1.82, 2.24) is 4.90 Å². The van der Waals surface area contributed by atoms with Crippen LogP contribution < -0.4 is 0 Å². The molecule has 0 bridgehead atoms. The van der Waals surface area contributed by atoms with Crippen LogP contribution in [0.3, 0.4) is 0 Å². The number of aliphatic hydroxyl groups excluding tert-OH is 3. The van der Waals surface area contributed by atoms with Gasteiger partial charge < -0.3 is 20.2 Å². The van der Waals surface area contributed by atoms with Crippen LogP contribution in [0.5, 0.6) is 0 Å². The van der Waals surface area contributed by atoms with E-state index in [1.807, 2.05) is 0 Å². The highest BCUT2D eigenvalue weighted by atomic mass is 16.3. The van der Waals surface area contributed by atoms with E-state index in [1.165, 1.54) is 11.8 Å². The molecule has 3 atom stereocenters. The van der Waals surface area contributed by atoms with Gasteiger partial charge in [0.15, 0.2) is 0 Å².